The molecule has 0 amide bonds. The van der Waals surface area contributed by atoms with Crippen LogP contribution in [0.4, 0.5) is 5.69 Å². The summed E-state index contributed by atoms with van der Waals surface area (Å²) in [6.07, 6.45) is 2.50. The summed E-state index contributed by atoms with van der Waals surface area (Å²) < 4.78 is 0. The number of fused-ring (bicyclic) bond motifs is 1. The maximum atomic E-state index is 9.49. The number of alkyl halides is 1. The van der Waals surface area contributed by atoms with Crippen LogP contribution in [0.25, 0.3) is 0 Å². The van der Waals surface area contributed by atoms with Gasteiger partial charge in [-0.1, -0.05) is 18.2 Å². The zero-order chi connectivity index (χ0) is 10.7. The minimum Gasteiger partial charge on any atom is -0.392 e. The maximum absolute atomic E-state index is 9.49. The molecule has 0 aromatic heterocycles. The topological polar surface area (TPSA) is 32.3 Å². The van der Waals surface area contributed by atoms with Crippen molar-refractivity contribution in [2.45, 2.75) is 31.4 Å². The van der Waals surface area contributed by atoms with Crippen LogP contribution in [0, 0.1) is 0 Å². The van der Waals surface area contributed by atoms with Crippen molar-refractivity contribution in [2.24, 2.45) is 0 Å². The lowest BCUT2D eigenvalue weighted by Crippen LogP contribution is -2.30. The quantitative estimate of drug-likeness (QED) is 0.775. The van der Waals surface area contributed by atoms with Crippen molar-refractivity contribution in [3.05, 3.63) is 29.8 Å². The Kier molecular flexibility index (Phi) is 3.49. The fraction of sp³-hybridized carbons (Fsp3) is 0.500. The minimum atomic E-state index is -0.394. The number of halogens is 1. The van der Waals surface area contributed by atoms with Crippen LogP contribution in [0.15, 0.2) is 24.3 Å². The number of benzene rings is 1. The summed E-state index contributed by atoms with van der Waals surface area (Å²) >= 11 is 5.59. The highest BCUT2D eigenvalue weighted by atomic mass is 35.5. The Morgan fingerprint density at radius 2 is 2.27 bits per heavy atom. The number of para-hydroxylation sites is 1. The normalized spacial score (nSPS) is 21.6. The third-order valence-corrected chi connectivity index (χ3v) is 3.23. The van der Waals surface area contributed by atoms with E-state index in [0.717, 1.165) is 19.3 Å². The second-order valence-electron chi connectivity index (χ2n) is 4.08. The molecule has 0 radical (unpaired) electrons. The van der Waals surface area contributed by atoms with Crippen LogP contribution in [0.3, 0.4) is 0 Å². The summed E-state index contributed by atoms with van der Waals surface area (Å²) in [6.45, 7) is 0. The Morgan fingerprint density at radius 3 is 3.07 bits per heavy atom. The number of aryl methyl sites for hydroxylation is 1. The molecule has 2 unspecified atom stereocenters. The molecule has 1 aromatic rings. The van der Waals surface area contributed by atoms with Gasteiger partial charge in [-0.25, -0.2) is 0 Å². The smallest absolute Gasteiger partial charge is 0.0695 e. The molecular weight excluding hydrogens is 210 g/mol. The van der Waals surface area contributed by atoms with Crippen molar-refractivity contribution in [1.82, 2.24) is 0 Å². The summed E-state index contributed by atoms with van der Waals surface area (Å²) in [4.78, 5) is 0. The van der Waals surface area contributed by atoms with Gasteiger partial charge in [-0.15, -0.1) is 11.6 Å². The van der Waals surface area contributed by atoms with Gasteiger partial charge in [0.15, 0.2) is 0 Å². The van der Waals surface area contributed by atoms with Crippen LogP contribution in [-0.4, -0.2) is 23.1 Å². The molecule has 0 spiro atoms. The number of nitrogens with one attached hydrogen (secondary N) is 1. The van der Waals surface area contributed by atoms with E-state index in [1.165, 1.54) is 11.3 Å². The molecule has 0 saturated carbocycles. The largest absolute Gasteiger partial charge is 0.392 e. The molecule has 2 N–H and O–H groups in total. The first-order valence-corrected chi connectivity index (χ1v) is 5.91. The van der Waals surface area contributed by atoms with Crippen LogP contribution >= 0.6 is 11.6 Å². The Balaban J connectivity index is 1.99. The summed E-state index contributed by atoms with van der Waals surface area (Å²) in [6, 6.07) is 8.69. The van der Waals surface area contributed by atoms with Gasteiger partial charge in [0.25, 0.3) is 0 Å². The van der Waals surface area contributed by atoms with Crippen molar-refractivity contribution in [3.8, 4) is 0 Å². The highest BCUT2D eigenvalue weighted by Crippen LogP contribution is 2.26. The lowest BCUT2D eigenvalue weighted by Gasteiger charge is -2.28. The van der Waals surface area contributed by atoms with Crippen LogP contribution in [0.1, 0.15) is 18.4 Å². The van der Waals surface area contributed by atoms with Crippen molar-refractivity contribution in [2.75, 3.05) is 11.2 Å². The third-order valence-electron chi connectivity index (χ3n) is 2.87. The number of rotatable bonds is 3. The van der Waals surface area contributed by atoms with Gasteiger partial charge in [-0.05, 0) is 30.9 Å². The number of aliphatic hydroxyl groups is 1. The highest BCUT2D eigenvalue weighted by molar-refractivity contribution is 6.18. The molecule has 0 saturated heterocycles. The van der Waals surface area contributed by atoms with Crippen molar-refractivity contribution in [3.63, 3.8) is 0 Å². The van der Waals surface area contributed by atoms with Crippen molar-refractivity contribution in [1.29, 1.82) is 0 Å². The predicted octanol–water partition coefficient (Wildman–Crippen LogP) is 2.40. The molecule has 82 valence electrons. The number of hydrogen-bond acceptors (Lipinski definition) is 2. The fourth-order valence-electron chi connectivity index (χ4n) is 2.07. The first-order valence-electron chi connectivity index (χ1n) is 5.38. The fourth-order valence-corrected chi connectivity index (χ4v) is 2.20. The molecule has 0 fully saturated rings. The van der Waals surface area contributed by atoms with E-state index in [2.05, 4.69) is 23.5 Å². The third kappa shape index (κ3) is 2.64. The SMILES string of the molecule is OC(CCl)CC1CCc2ccccc2N1. The van der Waals surface area contributed by atoms with Gasteiger partial charge in [0.1, 0.15) is 0 Å². The van der Waals surface area contributed by atoms with Crippen LogP contribution < -0.4 is 5.32 Å². The molecule has 1 heterocycles. The number of hydrogen-bond donors (Lipinski definition) is 2. The van der Waals surface area contributed by atoms with E-state index in [1.54, 1.807) is 0 Å². The summed E-state index contributed by atoms with van der Waals surface area (Å²) in [5, 5.41) is 12.9. The van der Waals surface area contributed by atoms with Gasteiger partial charge in [0.05, 0.1) is 6.10 Å². The van der Waals surface area contributed by atoms with Crippen LogP contribution in [0.5, 0.6) is 0 Å². The van der Waals surface area contributed by atoms with Gasteiger partial charge < -0.3 is 10.4 Å². The van der Waals surface area contributed by atoms with E-state index in [-0.39, 0.29) is 0 Å². The average molecular weight is 226 g/mol. The minimum absolute atomic E-state index is 0.319. The molecule has 0 aliphatic carbocycles. The standard InChI is InChI=1S/C12H16ClNO/c13-8-11(15)7-10-6-5-9-3-1-2-4-12(9)14-10/h1-4,10-11,14-15H,5-8H2. The van der Waals surface area contributed by atoms with Gasteiger partial charge >= 0.3 is 0 Å². The van der Waals surface area contributed by atoms with E-state index in [4.69, 9.17) is 11.6 Å². The van der Waals surface area contributed by atoms with Gasteiger partial charge in [-0.2, -0.15) is 0 Å². The van der Waals surface area contributed by atoms with Gasteiger partial charge in [0, 0.05) is 17.6 Å². The van der Waals surface area contributed by atoms with E-state index in [9.17, 15) is 5.11 Å². The lowest BCUT2D eigenvalue weighted by atomic mass is 9.95. The highest BCUT2D eigenvalue weighted by Gasteiger charge is 2.19. The Hall–Kier alpha value is -0.730. The Labute approximate surface area is 95.3 Å². The van der Waals surface area contributed by atoms with Crippen molar-refractivity contribution >= 4 is 17.3 Å². The summed E-state index contributed by atoms with van der Waals surface area (Å²) in [7, 11) is 0. The summed E-state index contributed by atoms with van der Waals surface area (Å²) in [5.41, 5.74) is 2.57. The van der Waals surface area contributed by atoms with Gasteiger partial charge in [-0.3, -0.25) is 0 Å². The molecular formula is C12H16ClNO. The molecule has 1 aliphatic heterocycles. The lowest BCUT2D eigenvalue weighted by molar-refractivity contribution is 0.178. The zero-order valence-corrected chi connectivity index (χ0v) is 9.37. The maximum Gasteiger partial charge on any atom is 0.0695 e. The predicted molar refractivity (Wildman–Crippen MR) is 63.5 cm³/mol. The molecule has 2 nitrogen and oxygen atoms in total. The van der Waals surface area contributed by atoms with E-state index >= 15 is 0 Å². The second-order valence-corrected chi connectivity index (χ2v) is 4.39. The molecule has 2 rings (SSSR count). The molecule has 0 bridgehead atoms. The van der Waals surface area contributed by atoms with Gasteiger partial charge in [0.2, 0.25) is 0 Å². The van der Waals surface area contributed by atoms with E-state index in [1.807, 2.05) is 6.07 Å². The van der Waals surface area contributed by atoms with Crippen LogP contribution in [0.2, 0.25) is 0 Å². The summed E-state index contributed by atoms with van der Waals surface area (Å²) in [5.74, 6) is 0.319. The first kappa shape index (κ1) is 10.8. The Morgan fingerprint density at radius 1 is 1.47 bits per heavy atom. The zero-order valence-electron chi connectivity index (χ0n) is 8.62. The molecule has 2 atom stereocenters. The van der Waals surface area contributed by atoms with E-state index in [0.29, 0.717) is 11.9 Å². The Bertz CT molecular complexity index is 329. The van der Waals surface area contributed by atoms with Crippen LogP contribution in [-0.2, 0) is 6.42 Å². The number of anilines is 1. The molecule has 3 heteroatoms. The monoisotopic (exact) mass is 225 g/mol. The second kappa shape index (κ2) is 4.86. The molecule has 1 aromatic carbocycles. The molecule has 1 aliphatic rings. The average Bonchev–Trinajstić information content (AvgIpc) is 2.29. The van der Waals surface area contributed by atoms with E-state index < -0.39 is 6.10 Å². The molecule has 15 heavy (non-hydrogen) atoms. The van der Waals surface area contributed by atoms with Crippen molar-refractivity contribution < 1.29 is 5.11 Å². The first-order chi connectivity index (χ1) is 7.29. The number of aliphatic hydroxyl groups excluding tert-OH is 1.